The Hall–Kier alpha value is -0.580. The fraction of sp³-hybridized carbons (Fsp3) is 0.364. The minimum atomic E-state index is -3.84. The van der Waals surface area contributed by atoms with Crippen molar-refractivity contribution in [1.29, 1.82) is 0 Å². The van der Waals surface area contributed by atoms with Crippen LogP contribution < -0.4 is 0 Å². The SMILES string of the molecule is O=C(Cl)c1cc2c(c(S(=O)(=O)Cl)c1)CCCC2. The van der Waals surface area contributed by atoms with Crippen LogP contribution in [0.3, 0.4) is 0 Å². The minimum Gasteiger partial charge on any atom is -0.276 e. The highest BCUT2D eigenvalue weighted by Crippen LogP contribution is 2.31. The van der Waals surface area contributed by atoms with Crippen LogP contribution >= 0.6 is 22.3 Å². The molecule has 6 heteroatoms. The first-order valence-corrected chi connectivity index (χ1v) is 7.88. The van der Waals surface area contributed by atoms with Gasteiger partial charge in [0.05, 0.1) is 4.90 Å². The maximum Gasteiger partial charge on any atom is 0.261 e. The van der Waals surface area contributed by atoms with Gasteiger partial charge in [0.2, 0.25) is 0 Å². The van der Waals surface area contributed by atoms with Gasteiger partial charge in [-0.2, -0.15) is 0 Å². The molecule has 0 saturated carbocycles. The third-order valence-corrected chi connectivity index (χ3v) is 4.52. The summed E-state index contributed by atoms with van der Waals surface area (Å²) in [6.07, 6.45) is 3.34. The predicted molar refractivity (Wildman–Crippen MR) is 66.3 cm³/mol. The molecule has 92 valence electrons. The van der Waals surface area contributed by atoms with E-state index in [0.29, 0.717) is 6.42 Å². The molecule has 0 atom stereocenters. The lowest BCUT2D eigenvalue weighted by Crippen LogP contribution is -2.10. The molecule has 0 heterocycles. The molecule has 1 aromatic carbocycles. The number of fused-ring (bicyclic) bond motifs is 1. The number of rotatable bonds is 2. The van der Waals surface area contributed by atoms with Crippen LogP contribution in [0.2, 0.25) is 0 Å². The zero-order valence-corrected chi connectivity index (χ0v) is 11.2. The van der Waals surface area contributed by atoms with E-state index < -0.39 is 14.3 Å². The van der Waals surface area contributed by atoms with Crippen molar-refractivity contribution in [3.05, 3.63) is 28.8 Å². The van der Waals surface area contributed by atoms with Crippen LogP contribution in [0.4, 0.5) is 0 Å². The van der Waals surface area contributed by atoms with E-state index in [4.69, 9.17) is 22.3 Å². The van der Waals surface area contributed by atoms with E-state index in [0.717, 1.165) is 30.4 Å². The van der Waals surface area contributed by atoms with Gasteiger partial charge in [-0.3, -0.25) is 4.79 Å². The zero-order chi connectivity index (χ0) is 12.6. The van der Waals surface area contributed by atoms with Gasteiger partial charge in [0.25, 0.3) is 14.3 Å². The van der Waals surface area contributed by atoms with E-state index >= 15 is 0 Å². The Kier molecular flexibility index (Phi) is 3.48. The fourth-order valence-electron chi connectivity index (χ4n) is 2.16. The van der Waals surface area contributed by atoms with E-state index in [1.807, 2.05) is 0 Å². The van der Waals surface area contributed by atoms with Crippen molar-refractivity contribution in [2.45, 2.75) is 30.6 Å². The normalized spacial score (nSPS) is 15.4. The molecule has 0 unspecified atom stereocenters. The molecule has 0 fully saturated rings. The lowest BCUT2D eigenvalue weighted by molar-refractivity contribution is 0.108. The Bertz CT molecular complexity index is 579. The molecule has 3 nitrogen and oxygen atoms in total. The summed E-state index contributed by atoms with van der Waals surface area (Å²) >= 11 is 5.39. The summed E-state index contributed by atoms with van der Waals surface area (Å²) in [5, 5.41) is -0.667. The summed E-state index contributed by atoms with van der Waals surface area (Å²) in [5.41, 5.74) is 1.78. The lowest BCUT2D eigenvalue weighted by Gasteiger charge is -2.18. The Morgan fingerprint density at radius 3 is 2.41 bits per heavy atom. The Balaban J connectivity index is 2.71. The van der Waals surface area contributed by atoms with Crippen molar-refractivity contribution >= 4 is 36.6 Å². The van der Waals surface area contributed by atoms with Crippen LogP contribution in [-0.2, 0) is 21.9 Å². The van der Waals surface area contributed by atoms with Crippen LogP contribution in [0.1, 0.15) is 34.3 Å². The van der Waals surface area contributed by atoms with Crippen LogP contribution in [0.25, 0.3) is 0 Å². The molecule has 1 aliphatic rings. The van der Waals surface area contributed by atoms with Gasteiger partial charge >= 0.3 is 0 Å². The van der Waals surface area contributed by atoms with Crippen LogP contribution in [0, 0.1) is 0 Å². The molecule has 0 radical (unpaired) electrons. The van der Waals surface area contributed by atoms with Crippen LogP contribution in [0.15, 0.2) is 17.0 Å². The van der Waals surface area contributed by atoms with Crippen molar-refractivity contribution in [3.63, 3.8) is 0 Å². The highest BCUT2D eigenvalue weighted by Gasteiger charge is 2.23. The largest absolute Gasteiger partial charge is 0.276 e. The average Bonchev–Trinajstić information content (AvgIpc) is 2.26. The van der Waals surface area contributed by atoms with Gasteiger partial charge in [0.15, 0.2) is 0 Å². The van der Waals surface area contributed by atoms with E-state index in [-0.39, 0.29) is 10.5 Å². The summed E-state index contributed by atoms with van der Waals surface area (Å²) in [7, 11) is 1.55. The molecule has 2 rings (SSSR count). The molecule has 0 saturated heterocycles. The van der Waals surface area contributed by atoms with E-state index in [9.17, 15) is 13.2 Å². The molecule has 0 N–H and O–H groups in total. The van der Waals surface area contributed by atoms with Gasteiger partial charge < -0.3 is 0 Å². The zero-order valence-electron chi connectivity index (χ0n) is 8.87. The van der Waals surface area contributed by atoms with Crippen molar-refractivity contribution < 1.29 is 13.2 Å². The summed E-state index contributed by atoms with van der Waals surface area (Å²) < 4.78 is 23.0. The highest BCUT2D eigenvalue weighted by molar-refractivity contribution is 8.13. The monoisotopic (exact) mass is 292 g/mol. The quantitative estimate of drug-likeness (QED) is 0.788. The molecular weight excluding hydrogens is 283 g/mol. The third kappa shape index (κ3) is 2.64. The van der Waals surface area contributed by atoms with Crippen molar-refractivity contribution in [1.82, 2.24) is 0 Å². The topological polar surface area (TPSA) is 51.2 Å². The third-order valence-electron chi connectivity index (χ3n) is 2.91. The minimum absolute atomic E-state index is 0.0281. The smallest absolute Gasteiger partial charge is 0.261 e. The first kappa shape index (κ1) is 12.9. The fourth-order valence-corrected chi connectivity index (χ4v) is 3.48. The number of carbonyl (C=O) groups is 1. The van der Waals surface area contributed by atoms with Gasteiger partial charge in [-0.25, -0.2) is 8.42 Å². The molecule has 1 aliphatic carbocycles. The molecule has 17 heavy (non-hydrogen) atoms. The number of benzene rings is 1. The van der Waals surface area contributed by atoms with E-state index in [1.165, 1.54) is 6.07 Å². The summed E-state index contributed by atoms with van der Waals surface area (Å²) in [4.78, 5) is 11.2. The summed E-state index contributed by atoms with van der Waals surface area (Å²) in [6, 6.07) is 2.93. The predicted octanol–water partition coefficient (Wildman–Crippen LogP) is 2.87. The standard InChI is InChI=1S/C11H10Cl2O3S/c12-11(14)8-5-7-3-1-2-4-9(7)10(6-8)17(13,15)16/h5-6H,1-4H2. The summed E-state index contributed by atoms with van der Waals surface area (Å²) in [5.74, 6) is 0. The van der Waals surface area contributed by atoms with Crippen molar-refractivity contribution in [3.8, 4) is 0 Å². The van der Waals surface area contributed by atoms with Gasteiger partial charge in [-0.05, 0) is 60.5 Å². The Labute approximate surface area is 109 Å². The van der Waals surface area contributed by atoms with Gasteiger partial charge in [-0.1, -0.05) is 0 Å². The molecular formula is C11H10Cl2O3S. The second-order valence-electron chi connectivity index (χ2n) is 4.03. The maximum absolute atomic E-state index is 11.5. The van der Waals surface area contributed by atoms with E-state index in [1.54, 1.807) is 6.07 Å². The highest BCUT2D eigenvalue weighted by atomic mass is 35.7. The Morgan fingerprint density at radius 1 is 1.18 bits per heavy atom. The van der Waals surface area contributed by atoms with Gasteiger partial charge in [0.1, 0.15) is 0 Å². The van der Waals surface area contributed by atoms with Crippen LogP contribution in [0.5, 0.6) is 0 Å². The number of aryl methyl sites for hydroxylation is 1. The van der Waals surface area contributed by atoms with Crippen molar-refractivity contribution in [2.24, 2.45) is 0 Å². The number of hydrogen-bond acceptors (Lipinski definition) is 3. The van der Waals surface area contributed by atoms with Crippen molar-refractivity contribution in [2.75, 3.05) is 0 Å². The maximum atomic E-state index is 11.5. The second kappa shape index (κ2) is 4.59. The summed E-state index contributed by atoms with van der Waals surface area (Å²) in [6.45, 7) is 0. The van der Waals surface area contributed by atoms with Gasteiger partial charge in [0, 0.05) is 16.2 Å². The molecule has 0 bridgehead atoms. The number of carbonyl (C=O) groups excluding carboxylic acids is 1. The molecule has 0 aromatic heterocycles. The van der Waals surface area contributed by atoms with Crippen LogP contribution in [-0.4, -0.2) is 13.7 Å². The second-order valence-corrected chi connectivity index (χ2v) is 6.91. The first-order valence-electron chi connectivity index (χ1n) is 5.20. The average molecular weight is 293 g/mol. The number of halogens is 2. The molecule has 1 aromatic rings. The van der Waals surface area contributed by atoms with Gasteiger partial charge in [-0.15, -0.1) is 0 Å². The molecule has 0 spiro atoms. The molecule has 0 amide bonds. The lowest BCUT2D eigenvalue weighted by atomic mass is 9.90. The Morgan fingerprint density at radius 2 is 1.82 bits per heavy atom. The number of hydrogen-bond donors (Lipinski definition) is 0. The first-order chi connectivity index (χ1) is 7.89. The van der Waals surface area contributed by atoms with E-state index in [2.05, 4.69) is 0 Å². The molecule has 0 aliphatic heterocycles.